The first kappa shape index (κ1) is 24.2. The van der Waals surface area contributed by atoms with Crippen LogP contribution in [0.3, 0.4) is 0 Å². The fourth-order valence-corrected chi connectivity index (χ4v) is 3.96. The number of anilines is 1. The number of carbonyl (C=O) groups excluding carboxylic acids is 2. The minimum Gasteiger partial charge on any atom is -0.478 e. The van der Waals surface area contributed by atoms with E-state index in [1.165, 1.54) is 42.5 Å². The predicted molar refractivity (Wildman–Crippen MR) is 127 cm³/mol. The maximum absolute atomic E-state index is 13.3. The van der Waals surface area contributed by atoms with Crippen LogP contribution in [0.4, 0.5) is 5.69 Å². The zero-order valence-corrected chi connectivity index (χ0v) is 19.1. The van der Waals surface area contributed by atoms with Gasteiger partial charge in [0.15, 0.2) is 0 Å². The highest BCUT2D eigenvalue weighted by molar-refractivity contribution is 6.49. The Morgan fingerprint density at radius 3 is 2.33 bits per heavy atom. The molecule has 1 aliphatic carbocycles. The van der Waals surface area contributed by atoms with Crippen LogP contribution in [0.5, 0.6) is 0 Å². The van der Waals surface area contributed by atoms with E-state index in [4.69, 9.17) is 9.84 Å². The Morgan fingerprint density at radius 1 is 1.03 bits per heavy atom. The highest BCUT2D eigenvalue weighted by atomic mass is 16.5. The summed E-state index contributed by atoms with van der Waals surface area (Å²) in [6, 6.07) is 11.0. The van der Waals surface area contributed by atoms with Crippen LogP contribution in [0, 0.1) is 0 Å². The molecule has 7 nitrogen and oxygen atoms in total. The second-order valence-electron chi connectivity index (χ2n) is 8.19. The lowest BCUT2D eigenvalue weighted by atomic mass is 9.89. The van der Waals surface area contributed by atoms with Gasteiger partial charge in [-0.05, 0) is 73.6 Å². The molecule has 174 valence electrons. The first-order chi connectivity index (χ1) is 15.9. The first-order valence-corrected chi connectivity index (χ1v) is 11.4. The summed E-state index contributed by atoms with van der Waals surface area (Å²) in [5.74, 6) is -1.97. The van der Waals surface area contributed by atoms with Gasteiger partial charge in [0.2, 0.25) is 0 Å². The number of nitrogens with zero attached hydrogens (tertiary/aromatic N) is 1. The van der Waals surface area contributed by atoms with Crippen LogP contribution < -0.4 is 5.32 Å². The number of nitrogens with one attached hydrogen (secondary N) is 1. The number of carboxylic acid groups (broad SMARTS) is 1. The van der Waals surface area contributed by atoms with Crippen LogP contribution in [0.15, 0.2) is 47.5 Å². The van der Waals surface area contributed by atoms with Gasteiger partial charge in [0.05, 0.1) is 12.7 Å². The average molecular weight is 451 g/mol. The molecule has 0 saturated heterocycles. The minimum absolute atomic E-state index is 0.127. The molecule has 1 aliphatic rings. The van der Waals surface area contributed by atoms with Crippen LogP contribution in [-0.4, -0.2) is 41.8 Å². The molecular formula is C26H30N2O5. The molecule has 7 heteroatoms. The number of methoxy groups -OCH3 is 1. The molecule has 1 atom stereocenters. The molecule has 1 amide bonds. The number of esters is 1. The van der Waals surface area contributed by atoms with Gasteiger partial charge in [-0.15, -0.1) is 0 Å². The monoisotopic (exact) mass is 450 g/mol. The number of benzene rings is 2. The number of carboxylic acids is 1. The fourth-order valence-electron chi connectivity index (χ4n) is 3.96. The molecule has 2 aromatic rings. The highest BCUT2D eigenvalue weighted by Gasteiger charge is 2.23. The van der Waals surface area contributed by atoms with Crippen molar-refractivity contribution in [2.75, 3.05) is 12.4 Å². The van der Waals surface area contributed by atoms with Gasteiger partial charge in [0, 0.05) is 11.3 Å². The van der Waals surface area contributed by atoms with Gasteiger partial charge < -0.3 is 15.2 Å². The van der Waals surface area contributed by atoms with Gasteiger partial charge in [0.25, 0.3) is 5.91 Å². The lowest BCUT2D eigenvalue weighted by Crippen LogP contribution is -2.29. The Balaban J connectivity index is 1.97. The first-order valence-electron chi connectivity index (χ1n) is 11.4. The van der Waals surface area contributed by atoms with E-state index in [0.29, 0.717) is 17.7 Å². The molecule has 2 N–H and O–H groups in total. The summed E-state index contributed by atoms with van der Waals surface area (Å²) >= 11 is 0. The van der Waals surface area contributed by atoms with E-state index in [2.05, 4.69) is 10.3 Å². The number of carbonyl (C=O) groups is 3. The summed E-state index contributed by atoms with van der Waals surface area (Å²) in [7, 11) is 1.32. The smallest absolute Gasteiger partial charge is 0.335 e. The standard InChI is InChI=1S/C26H30N2O5/c1-3-4-9-22(26(32)33-2)28-23(20-11-10-17-7-5-6-8-19(17)16-20)24(29)27-21-14-12-18(13-15-21)25(30)31/h10-16,22H,3-9H2,1-2H3,(H,27,29)(H,30,31). The summed E-state index contributed by atoms with van der Waals surface area (Å²) in [4.78, 5) is 41.4. The molecule has 0 spiro atoms. The molecule has 0 aromatic heterocycles. The van der Waals surface area contributed by atoms with Crippen LogP contribution in [0.1, 0.15) is 66.1 Å². The Hall–Kier alpha value is -3.48. The summed E-state index contributed by atoms with van der Waals surface area (Å²) < 4.78 is 4.94. The number of aryl methyl sites for hydroxylation is 2. The Bertz CT molecular complexity index is 1040. The molecule has 0 fully saturated rings. The molecular weight excluding hydrogens is 420 g/mol. The third-order valence-electron chi connectivity index (χ3n) is 5.82. The average Bonchev–Trinajstić information content (AvgIpc) is 2.83. The SMILES string of the molecule is CCCCC(N=C(C(=O)Nc1ccc(C(=O)O)cc1)c1ccc2c(c1)CCCC2)C(=O)OC. The number of unbranched alkanes of at least 4 members (excludes halogenated alkanes) is 1. The van der Waals surface area contributed by atoms with E-state index in [-0.39, 0.29) is 11.3 Å². The van der Waals surface area contributed by atoms with Crippen molar-refractivity contribution in [2.45, 2.75) is 57.9 Å². The molecule has 0 bridgehead atoms. The zero-order chi connectivity index (χ0) is 23.8. The molecule has 0 heterocycles. The van der Waals surface area contributed by atoms with Crippen molar-refractivity contribution in [3.63, 3.8) is 0 Å². The van der Waals surface area contributed by atoms with Crippen molar-refractivity contribution < 1.29 is 24.2 Å². The van der Waals surface area contributed by atoms with Gasteiger partial charge in [0.1, 0.15) is 11.8 Å². The molecule has 0 radical (unpaired) electrons. The van der Waals surface area contributed by atoms with Crippen molar-refractivity contribution in [1.29, 1.82) is 0 Å². The van der Waals surface area contributed by atoms with E-state index in [1.54, 1.807) is 0 Å². The summed E-state index contributed by atoms with van der Waals surface area (Å²) in [6.07, 6.45) is 6.38. The Kier molecular flexibility index (Phi) is 8.35. The van der Waals surface area contributed by atoms with Gasteiger partial charge >= 0.3 is 11.9 Å². The minimum atomic E-state index is -1.04. The second kappa shape index (κ2) is 11.4. The molecule has 33 heavy (non-hydrogen) atoms. The van der Waals surface area contributed by atoms with Crippen LogP contribution in [-0.2, 0) is 27.2 Å². The van der Waals surface area contributed by atoms with Crippen LogP contribution >= 0.6 is 0 Å². The van der Waals surface area contributed by atoms with Gasteiger partial charge in [-0.25, -0.2) is 9.59 Å². The summed E-state index contributed by atoms with van der Waals surface area (Å²) in [6.45, 7) is 2.02. The molecule has 0 saturated carbocycles. The van der Waals surface area contributed by atoms with E-state index in [9.17, 15) is 14.4 Å². The lowest BCUT2D eigenvalue weighted by molar-refractivity contribution is -0.142. The zero-order valence-electron chi connectivity index (χ0n) is 19.1. The highest BCUT2D eigenvalue weighted by Crippen LogP contribution is 2.23. The Labute approximate surface area is 193 Å². The molecule has 0 aliphatic heterocycles. The number of aromatic carboxylic acids is 1. The quantitative estimate of drug-likeness (QED) is 0.435. The van der Waals surface area contributed by atoms with E-state index >= 15 is 0 Å². The number of ether oxygens (including phenoxy) is 1. The van der Waals surface area contributed by atoms with Gasteiger partial charge in [-0.1, -0.05) is 31.9 Å². The van der Waals surface area contributed by atoms with Crippen molar-refractivity contribution >= 4 is 29.2 Å². The van der Waals surface area contributed by atoms with Crippen molar-refractivity contribution in [3.8, 4) is 0 Å². The molecule has 3 rings (SSSR count). The topological polar surface area (TPSA) is 105 Å². The van der Waals surface area contributed by atoms with Crippen molar-refractivity contribution in [1.82, 2.24) is 0 Å². The lowest BCUT2D eigenvalue weighted by Gasteiger charge is -2.18. The maximum atomic E-state index is 13.3. The van der Waals surface area contributed by atoms with Gasteiger partial charge in [-0.2, -0.15) is 0 Å². The van der Waals surface area contributed by atoms with E-state index in [0.717, 1.165) is 38.5 Å². The van der Waals surface area contributed by atoms with E-state index < -0.39 is 23.9 Å². The number of fused-ring (bicyclic) bond motifs is 1. The Morgan fingerprint density at radius 2 is 1.70 bits per heavy atom. The maximum Gasteiger partial charge on any atom is 0.335 e. The fraction of sp³-hybridized carbons (Fsp3) is 0.385. The third kappa shape index (κ3) is 6.28. The summed E-state index contributed by atoms with van der Waals surface area (Å²) in [5, 5.41) is 11.9. The largest absolute Gasteiger partial charge is 0.478 e. The predicted octanol–water partition coefficient (Wildman–Crippen LogP) is 4.42. The van der Waals surface area contributed by atoms with Crippen LogP contribution in [0.25, 0.3) is 0 Å². The number of hydrogen-bond donors (Lipinski definition) is 2. The van der Waals surface area contributed by atoms with Gasteiger partial charge in [-0.3, -0.25) is 9.79 Å². The third-order valence-corrected chi connectivity index (χ3v) is 5.82. The number of aliphatic imine (C=N–C) groups is 1. The molecule has 1 unspecified atom stereocenters. The second-order valence-corrected chi connectivity index (χ2v) is 8.19. The normalized spacial score (nSPS) is 14.2. The van der Waals surface area contributed by atoms with Crippen LogP contribution in [0.2, 0.25) is 0 Å². The number of rotatable bonds is 9. The van der Waals surface area contributed by atoms with Crippen molar-refractivity contribution in [2.24, 2.45) is 4.99 Å². The molecule has 2 aromatic carbocycles. The van der Waals surface area contributed by atoms with Crippen molar-refractivity contribution in [3.05, 3.63) is 64.7 Å². The van der Waals surface area contributed by atoms with E-state index in [1.807, 2.05) is 25.1 Å². The summed E-state index contributed by atoms with van der Waals surface area (Å²) in [5.41, 5.74) is 3.87. The number of amides is 1. The number of hydrogen-bond acceptors (Lipinski definition) is 5.